The van der Waals surface area contributed by atoms with Crippen LogP contribution in [0.15, 0.2) is 0 Å². The third kappa shape index (κ3) is 2.98. The first-order valence-corrected chi connectivity index (χ1v) is 6.49. The first-order valence-electron chi connectivity index (χ1n) is 6.49. The van der Waals surface area contributed by atoms with Crippen molar-refractivity contribution >= 4 is 0 Å². The molecule has 2 fully saturated rings. The Morgan fingerprint density at radius 2 is 1.93 bits per heavy atom. The summed E-state index contributed by atoms with van der Waals surface area (Å²) in [5.41, 5.74) is 0. The number of rotatable bonds is 4. The summed E-state index contributed by atoms with van der Waals surface area (Å²) in [4.78, 5) is 0. The summed E-state index contributed by atoms with van der Waals surface area (Å²) in [6.45, 7) is 6.08. The van der Waals surface area contributed by atoms with Gasteiger partial charge in [-0.3, -0.25) is 0 Å². The van der Waals surface area contributed by atoms with Crippen molar-refractivity contribution in [1.82, 2.24) is 5.32 Å². The van der Waals surface area contributed by atoms with Gasteiger partial charge < -0.3 is 5.32 Å². The molecule has 0 aromatic rings. The molecule has 82 valence electrons. The zero-order valence-corrected chi connectivity index (χ0v) is 9.76. The predicted octanol–water partition coefficient (Wildman–Crippen LogP) is 3.20. The Hall–Kier alpha value is -0.0400. The normalized spacial score (nSPS) is 33.6. The quantitative estimate of drug-likeness (QED) is 0.726. The van der Waals surface area contributed by atoms with Crippen LogP contribution >= 0.6 is 0 Å². The van der Waals surface area contributed by atoms with E-state index in [9.17, 15) is 0 Å². The maximum absolute atomic E-state index is 3.69. The summed E-state index contributed by atoms with van der Waals surface area (Å²) in [7, 11) is 0. The molecule has 1 heteroatoms. The standard InChI is InChI=1S/C13H25N/c1-10(2)12-5-3-4-11(8-12)9-14-13-6-7-13/h10-14H,3-9H2,1-2H3. The van der Waals surface area contributed by atoms with Crippen molar-refractivity contribution in [3.63, 3.8) is 0 Å². The summed E-state index contributed by atoms with van der Waals surface area (Å²) in [6, 6.07) is 0.898. The molecule has 2 aliphatic carbocycles. The summed E-state index contributed by atoms with van der Waals surface area (Å²) in [5, 5.41) is 3.69. The molecule has 0 aromatic heterocycles. The minimum Gasteiger partial charge on any atom is -0.314 e. The van der Waals surface area contributed by atoms with Gasteiger partial charge in [-0.1, -0.05) is 26.7 Å². The van der Waals surface area contributed by atoms with Crippen LogP contribution in [0, 0.1) is 17.8 Å². The van der Waals surface area contributed by atoms with Crippen LogP contribution in [-0.2, 0) is 0 Å². The van der Waals surface area contributed by atoms with E-state index in [0.717, 1.165) is 23.8 Å². The van der Waals surface area contributed by atoms with Gasteiger partial charge in [-0.2, -0.15) is 0 Å². The molecule has 0 saturated heterocycles. The van der Waals surface area contributed by atoms with Gasteiger partial charge in [0.05, 0.1) is 0 Å². The van der Waals surface area contributed by atoms with Gasteiger partial charge in [-0.15, -0.1) is 0 Å². The monoisotopic (exact) mass is 195 g/mol. The number of hydrogen-bond acceptors (Lipinski definition) is 1. The summed E-state index contributed by atoms with van der Waals surface area (Å²) < 4.78 is 0. The fourth-order valence-corrected chi connectivity index (χ4v) is 2.74. The van der Waals surface area contributed by atoms with Crippen LogP contribution in [-0.4, -0.2) is 12.6 Å². The highest BCUT2D eigenvalue weighted by Crippen LogP contribution is 2.33. The molecular formula is C13H25N. The Balaban J connectivity index is 1.69. The molecule has 2 unspecified atom stereocenters. The highest BCUT2D eigenvalue weighted by Gasteiger charge is 2.26. The smallest absolute Gasteiger partial charge is 0.00683 e. The van der Waals surface area contributed by atoms with Gasteiger partial charge in [0.15, 0.2) is 0 Å². The van der Waals surface area contributed by atoms with E-state index in [2.05, 4.69) is 19.2 Å². The Kier molecular flexibility index (Phi) is 3.48. The lowest BCUT2D eigenvalue weighted by molar-refractivity contribution is 0.210. The van der Waals surface area contributed by atoms with Crippen molar-refractivity contribution in [2.24, 2.45) is 17.8 Å². The fourth-order valence-electron chi connectivity index (χ4n) is 2.74. The van der Waals surface area contributed by atoms with Crippen molar-refractivity contribution in [2.45, 2.75) is 58.4 Å². The van der Waals surface area contributed by atoms with Gasteiger partial charge in [0.1, 0.15) is 0 Å². The maximum atomic E-state index is 3.69. The van der Waals surface area contributed by atoms with Crippen LogP contribution in [0.2, 0.25) is 0 Å². The van der Waals surface area contributed by atoms with E-state index in [4.69, 9.17) is 0 Å². The summed E-state index contributed by atoms with van der Waals surface area (Å²) in [5.74, 6) is 2.89. The van der Waals surface area contributed by atoms with Crippen molar-refractivity contribution in [2.75, 3.05) is 6.54 Å². The van der Waals surface area contributed by atoms with Gasteiger partial charge in [-0.05, 0) is 50.0 Å². The SMILES string of the molecule is CC(C)C1CCCC(CNC2CC2)C1. The van der Waals surface area contributed by atoms with Gasteiger partial charge in [0.2, 0.25) is 0 Å². The van der Waals surface area contributed by atoms with Crippen LogP contribution in [0.3, 0.4) is 0 Å². The lowest BCUT2D eigenvalue weighted by Crippen LogP contribution is -2.29. The van der Waals surface area contributed by atoms with Gasteiger partial charge in [0.25, 0.3) is 0 Å². The van der Waals surface area contributed by atoms with Crippen LogP contribution in [0.4, 0.5) is 0 Å². The molecular weight excluding hydrogens is 170 g/mol. The summed E-state index contributed by atoms with van der Waals surface area (Å²) >= 11 is 0. The molecule has 0 heterocycles. The molecule has 2 atom stereocenters. The van der Waals surface area contributed by atoms with Crippen LogP contribution in [0.25, 0.3) is 0 Å². The van der Waals surface area contributed by atoms with Crippen molar-refractivity contribution in [3.8, 4) is 0 Å². The highest BCUT2D eigenvalue weighted by molar-refractivity contribution is 4.83. The second kappa shape index (κ2) is 4.65. The number of nitrogens with one attached hydrogen (secondary N) is 1. The third-order valence-electron chi connectivity index (χ3n) is 4.04. The van der Waals surface area contributed by atoms with Gasteiger partial charge in [0, 0.05) is 6.04 Å². The molecule has 1 N–H and O–H groups in total. The van der Waals surface area contributed by atoms with E-state index < -0.39 is 0 Å². The predicted molar refractivity (Wildman–Crippen MR) is 61.3 cm³/mol. The molecule has 2 saturated carbocycles. The lowest BCUT2D eigenvalue weighted by Gasteiger charge is -2.31. The van der Waals surface area contributed by atoms with Gasteiger partial charge in [-0.25, -0.2) is 0 Å². The molecule has 0 amide bonds. The van der Waals surface area contributed by atoms with E-state index in [0.29, 0.717) is 0 Å². The molecule has 14 heavy (non-hydrogen) atoms. The Morgan fingerprint density at radius 3 is 2.57 bits per heavy atom. The zero-order chi connectivity index (χ0) is 9.97. The summed E-state index contributed by atoms with van der Waals surface area (Å²) in [6.07, 6.45) is 8.78. The van der Waals surface area contributed by atoms with Crippen molar-refractivity contribution in [1.29, 1.82) is 0 Å². The Labute approximate surface area is 88.7 Å². The molecule has 0 spiro atoms. The second-order valence-corrected chi connectivity index (χ2v) is 5.72. The fraction of sp³-hybridized carbons (Fsp3) is 1.00. The Morgan fingerprint density at radius 1 is 1.14 bits per heavy atom. The van der Waals surface area contributed by atoms with E-state index in [-0.39, 0.29) is 0 Å². The highest BCUT2D eigenvalue weighted by atomic mass is 14.9. The van der Waals surface area contributed by atoms with Crippen LogP contribution in [0.1, 0.15) is 52.4 Å². The van der Waals surface area contributed by atoms with Gasteiger partial charge >= 0.3 is 0 Å². The zero-order valence-electron chi connectivity index (χ0n) is 9.76. The second-order valence-electron chi connectivity index (χ2n) is 5.72. The van der Waals surface area contributed by atoms with E-state index in [1.54, 1.807) is 0 Å². The lowest BCUT2D eigenvalue weighted by atomic mass is 9.76. The minimum atomic E-state index is 0.898. The first kappa shape index (κ1) is 10.5. The van der Waals surface area contributed by atoms with Crippen LogP contribution < -0.4 is 5.32 Å². The maximum Gasteiger partial charge on any atom is 0.00683 e. The average molecular weight is 195 g/mol. The molecule has 0 radical (unpaired) electrons. The topological polar surface area (TPSA) is 12.0 Å². The average Bonchev–Trinajstić information content (AvgIpc) is 2.99. The van der Waals surface area contributed by atoms with E-state index in [1.807, 2.05) is 0 Å². The molecule has 1 nitrogen and oxygen atoms in total. The largest absolute Gasteiger partial charge is 0.314 e. The molecule has 0 aliphatic heterocycles. The molecule has 2 aliphatic rings. The van der Waals surface area contributed by atoms with E-state index >= 15 is 0 Å². The first-order chi connectivity index (χ1) is 6.75. The minimum absolute atomic E-state index is 0.898. The third-order valence-corrected chi connectivity index (χ3v) is 4.04. The number of hydrogen-bond donors (Lipinski definition) is 1. The molecule has 0 bridgehead atoms. The van der Waals surface area contributed by atoms with Crippen LogP contribution in [0.5, 0.6) is 0 Å². The van der Waals surface area contributed by atoms with E-state index in [1.165, 1.54) is 45.1 Å². The Bertz CT molecular complexity index is 172. The van der Waals surface area contributed by atoms with Crippen molar-refractivity contribution < 1.29 is 0 Å². The van der Waals surface area contributed by atoms with Crippen molar-refractivity contribution in [3.05, 3.63) is 0 Å². The molecule has 0 aromatic carbocycles. The molecule has 2 rings (SSSR count).